The lowest BCUT2D eigenvalue weighted by Crippen LogP contribution is -2.18. The zero-order valence-electron chi connectivity index (χ0n) is 12.8. The number of amides is 1. The number of carbonyl (C=O) groups excluding carboxylic acids is 1. The minimum Gasteiger partial charge on any atom is -0.348 e. The summed E-state index contributed by atoms with van der Waals surface area (Å²) in [7, 11) is 0. The van der Waals surface area contributed by atoms with Crippen molar-refractivity contribution in [2.45, 2.75) is 6.54 Å². The average Bonchev–Trinajstić information content (AvgIpc) is 3.01. The van der Waals surface area contributed by atoms with Crippen LogP contribution in [0.1, 0.15) is 15.9 Å². The van der Waals surface area contributed by atoms with E-state index < -0.39 is 5.91 Å². The molecule has 3 aromatic rings. The molecular weight excluding hydrogens is 383 g/mol. The summed E-state index contributed by atoms with van der Waals surface area (Å²) in [5.41, 5.74) is 4.36. The molecule has 128 valence electrons. The smallest absolute Gasteiger partial charge is 0.276 e. The number of halogens is 3. The molecule has 0 saturated heterocycles. The van der Waals surface area contributed by atoms with Crippen molar-refractivity contribution in [2.24, 2.45) is 0 Å². The summed E-state index contributed by atoms with van der Waals surface area (Å²) in [6.45, 7) is 0.454. The molecule has 3 rings (SSSR count). The van der Waals surface area contributed by atoms with E-state index in [1.54, 1.807) is 35.9 Å². The molecule has 0 aliphatic heterocycles. The van der Waals surface area contributed by atoms with Gasteiger partial charge in [-0.1, -0.05) is 53.0 Å². The molecule has 0 fully saturated rings. The molecule has 0 spiro atoms. The molecule has 0 aliphatic rings. The standard InChI is InChI=1S/C18H13Cl3N2O2/c19-13-4-1-11(2-5-13)15-9-23(10-16(15)18(24)22-25)8-12-3-6-14(20)7-17(12)21/h1-7,9-10,25H,8H2,(H,22,24). The SMILES string of the molecule is O=C(NO)c1cn(Cc2ccc(Cl)cc2Cl)cc1-c1ccc(Cl)cc1. The fourth-order valence-electron chi connectivity index (χ4n) is 2.55. The van der Waals surface area contributed by atoms with Gasteiger partial charge in [0.15, 0.2) is 0 Å². The van der Waals surface area contributed by atoms with Gasteiger partial charge in [-0.15, -0.1) is 0 Å². The van der Waals surface area contributed by atoms with Crippen LogP contribution in [0.25, 0.3) is 11.1 Å². The molecule has 7 heteroatoms. The summed E-state index contributed by atoms with van der Waals surface area (Å²) in [5, 5.41) is 10.7. The number of nitrogens with one attached hydrogen (secondary N) is 1. The van der Waals surface area contributed by atoms with E-state index in [0.29, 0.717) is 32.7 Å². The Labute approximate surface area is 159 Å². The number of nitrogens with zero attached hydrogens (tertiary/aromatic N) is 1. The lowest BCUT2D eigenvalue weighted by molar-refractivity contribution is 0.0707. The first-order valence-electron chi connectivity index (χ1n) is 7.32. The molecule has 0 bridgehead atoms. The molecule has 0 saturated carbocycles. The number of rotatable bonds is 4. The van der Waals surface area contributed by atoms with E-state index in [4.69, 9.17) is 40.0 Å². The van der Waals surface area contributed by atoms with Crippen LogP contribution in [-0.2, 0) is 6.54 Å². The largest absolute Gasteiger partial charge is 0.348 e. The fourth-order valence-corrected chi connectivity index (χ4v) is 3.14. The molecule has 4 nitrogen and oxygen atoms in total. The van der Waals surface area contributed by atoms with E-state index in [2.05, 4.69) is 0 Å². The van der Waals surface area contributed by atoms with Crippen molar-refractivity contribution in [3.8, 4) is 11.1 Å². The second kappa shape index (κ2) is 7.50. The van der Waals surface area contributed by atoms with E-state index in [1.807, 2.05) is 29.0 Å². The van der Waals surface area contributed by atoms with Crippen molar-refractivity contribution in [2.75, 3.05) is 0 Å². The highest BCUT2D eigenvalue weighted by Crippen LogP contribution is 2.28. The Hall–Kier alpha value is -1.98. The third-order valence-corrected chi connectivity index (χ3v) is 4.59. The van der Waals surface area contributed by atoms with Crippen LogP contribution in [0.4, 0.5) is 0 Å². The van der Waals surface area contributed by atoms with Gasteiger partial charge in [-0.25, -0.2) is 5.48 Å². The van der Waals surface area contributed by atoms with Crippen molar-refractivity contribution in [3.05, 3.63) is 81.1 Å². The molecule has 1 aromatic heterocycles. The molecule has 1 amide bonds. The summed E-state index contributed by atoms with van der Waals surface area (Å²) in [5.74, 6) is -0.592. The van der Waals surface area contributed by atoms with Crippen LogP contribution >= 0.6 is 34.8 Å². The van der Waals surface area contributed by atoms with Crippen LogP contribution in [0.15, 0.2) is 54.9 Å². The second-order valence-electron chi connectivity index (χ2n) is 5.44. The Kier molecular flexibility index (Phi) is 5.35. The van der Waals surface area contributed by atoms with Crippen LogP contribution in [0.5, 0.6) is 0 Å². The third kappa shape index (κ3) is 3.99. The van der Waals surface area contributed by atoms with Gasteiger partial charge in [0.1, 0.15) is 0 Å². The predicted molar refractivity (Wildman–Crippen MR) is 99.7 cm³/mol. The number of benzene rings is 2. The Balaban J connectivity index is 2.01. The maximum absolute atomic E-state index is 12.0. The van der Waals surface area contributed by atoms with Gasteiger partial charge in [0.2, 0.25) is 0 Å². The van der Waals surface area contributed by atoms with E-state index in [1.165, 1.54) is 0 Å². The van der Waals surface area contributed by atoms with Gasteiger partial charge in [-0.2, -0.15) is 0 Å². The zero-order valence-corrected chi connectivity index (χ0v) is 15.1. The lowest BCUT2D eigenvalue weighted by atomic mass is 10.0. The quantitative estimate of drug-likeness (QED) is 0.466. The van der Waals surface area contributed by atoms with Crippen LogP contribution in [0.3, 0.4) is 0 Å². The van der Waals surface area contributed by atoms with E-state index in [9.17, 15) is 4.79 Å². The molecule has 25 heavy (non-hydrogen) atoms. The summed E-state index contributed by atoms with van der Waals surface area (Å²) in [4.78, 5) is 12.0. The van der Waals surface area contributed by atoms with E-state index >= 15 is 0 Å². The molecule has 1 heterocycles. The molecule has 0 unspecified atom stereocenters. The summed E-state index contributed by atoms with van der Waals surface area (Å²) >= 11 is 18.1. The lowest BCUT2D eigenvalue weighted by Gasteiger charge is -2.06. The predicted octanol–water partition coefficient (Wildman–Crippen LogP) is 5.28. The summed E-state index contributed by atoms with van der Waals surface area (Å²) in [6.07, 6.45) is 3.47. The first-order chi connectivity index (χ1) is 12.0. The number of hydrogen-bond donors (Lipinski definition) is 2. The van der Waals surface area contributed by atoms with E-state index in [0.717, 1.165) is 11.1 Å². The Bertz CT molecular complexity index is 921. The number of carbonyl (C=O) groups is 1. The monoisotopic (exact) mass is 394 g/mol. The number of hydroxylamine groups is 1. The third-order valence-electron chi connectivity index (χ3n) is 3.75. The highest BCUT2D eigenvalue weighted by Gasteiger charge is 2.16. The molecule has 2 N–H and O–H groups in total. The number of aromatic nitrogens is 1. The van der Waals surface area contributed by atoms with Crippen molar-refractivity contribution < 1.29 is 10.0 Å². The summed E-state index contributed by atoms with van der Waals surface area (Å²) < 4.78 is 1.82. The molecule has 0 radical (unpaired) electrons. The topological polar surface area (TPSA) is 54.3 Å². The van der Waals surface area contributed by atoms with Crippen LogP contribution in [0.2, 0.25) is 15.1 Å². The van der Waals surface area contributed by atoms with Gasteiger partial charge < -0.3 is 4.57 Å². The first-order valence-corrected chi connectivity index (χ1v) is 8.45. The second-order valence-corrected chi connectivity index (χ2v) is 6.72. The molecule has 0 aliphatic carbocycles. The molecular formula is C18H13Cl3N2O2. The Morgan fingerprint density at radius 2 is 1.68 bits per heavy atom. The maximum atomic E-state index is 12.0. The summed E-state index contributed by atoms with van der Waals surface area (Å²) in [6, 6.07) is 12.4. The number of hydrogen-bond acceptors (Lipinski definition) is 2. The van der Waals surface area contributed by atoms with Crippen molar-refractivity contribution in [1.82, 2.24) is 10.0 Å². The highest BCUT2D eigenvalue weighted by atomic mass is 35.5. The van der Waals surface area contributed by atoms with Crippen molar-refractivity contribution in [3.63, 3.8) is 0 Å². The molecule has 0 atom stereocenters. The molecule has 2 aromatic carbocycles. The van der Waals surface area contributed by atoms with Gasteiger partial charge in [0, 0.05) is 39.6 Å². The minimum atomic E-state index is -0.592. The van der Waals surface area contributed by atoms with Crippen LogP contribution < -0.4 is 5.48 Å². The Morgan fingerprint density at radius 1 is 1.00 bits per heavy atom. The van der Waals surface area contributed by atoms with Gasteiger partial charge in [0.25, 0.3) is 5.91 Å². The van der Waals surface area contributed by atoms with Gasteiger partial charge in [0.05, 0.1) is 5.56 Å². The normalized spacial score (nSPS) is 10.7. The highest BCUT2D eigenvalue weighted by molar-refractivity contribution is 6.35. The average molecular weight is 396 g/mol. The minimum absolute atomic E-state index is 0.343. The maximum Gasteiger partial charge on any atom is 0.276 e. The van der Waals surface area contributed by atoms with Crippen LogP contribution in [-0.4, -0.2) is 15.7 Å². The zero-order chi connectivity index (χ0) is 18.0. The van der Waals surface area contributed by atoms with Crippen molar-refractivity contribution in [1.29, 1.82) is 0 Å². The van der Waals surface area contributed by atoms with E-state index in [-0.39, 0.29) is 0 Å². The Morgan fingerprint density at radius 3 is 2.32 bits per heavy atom. The first kappa shape index (κ1) is 17.8. The van der Waals surface area contributed by atoms with Gasteiger partial charge in [-0.05, 0) is 35.4 Å². The van der Waals surface area contributed by atoms with Gasteiger partial charge in [-0.3, -0.25) is 10.0 Å². The van der Waals surface area contributed by atoms with Crippen LogP contribution in [0, 0.1) is 0 Å². The fraction of sp³-hybridized carbons (Fsp3) is 0.0556. The van der Waals surface area contributed by atoms with Crippen molar-refractivity contribution >= 4 is 40.7 Å². The van der Waals surface area contributed by atoms with Gasteiger partial charge >= 0.3 is 0 Å².